The van der Waals surface area contributed by atoms with Gasteiger partial charge in [-0.1, -0.05) is 36.4 Å². The van der Waals surface area contributed by atoms with Gasteiger partial charge in [0.15, 0.2) is 0 Å². The van der Waals surface area contributed by atoms with E-state index in [-0.39, 0.29) is 17.5 Å². The monoisotopic (exact) mass is 338 g/mol. The van der Waals surface area contributed by atoms with E-state index in [0.717, 1.165) is 5.39 Å². The van der Waals surface area contributed by atoms with Crippen LogP contribution in [0.15, 0.2) is 60.8 Å². The highest BCUT2D eigenvalue weighted by molar-refractivity contribution is 6.06. The second-order valence-corrected chi connectivity index (χ2v) is 5.54. The molecule has 0 spiro atoms. The van der Waals surface area contributed by atoms with Crippen LogP contribution in [-0.2, 0) is 11.2 Å². The third kappa shape index (κ3) is 3.63. The normalized spacial score (nSPS) is 11.9. The molecule has 1 amide bonds. The van der Waals surface area contributed by atoms with Gasteiger partial charge in [0.25, 0.3) is 5.91 Å². The molecule has 5 nitrogen and oxygen atoms in total. The predicted octanol–water partition coefficient (Wildman–Crippen LogP) is 2.80. The lowest BCUT2D eigenvalue weighted by Gasteiger charge is -2.15. The molecule has 2 aromatic carbocycles. The zero-order chi connectivity index (χ0) is 17.8. The number of halogens is 1. The Morgan fingerprint density at radius 1 is 1.08 bits per heavy atom. The van der Waals surface area contributed by atoms with Gasteiger partial charge in [-0.25, -0.2) is 9.18 Å². The molecule has 0 fully saturated rings. The molecular formula is C19H15FN2O3. The maximum Gasteiger partial charge on any atom is 0.326 e. The smallest absolute Gasteiger partial charge is 0.326 e. The number of nitrogens with one attached hydrogen (secondary N) is 1. The van der Waals surface area contributed by atoms with Gasteiger partial charge in [-0.3, -0.25) is 9.78 Å². The Hall–Kier alpha value is -3.28. The number of hydrogen-bond acceptors (Lipinski definition) is 3. The molecule has 25 heavy (non-hydrogen) atoms. The fourth-order valence-corrected chi connectivity index (χ4v) is 2.61. The second-order valence-electron chi connectivity index (χ2n) is 5.54. The number of benzene rings is 2. The van der Waals surface area contributed by atoms with Crippen LogP contribution in [0.4, 0.5) is 4.39 Å². The molecule has 3 rings (SSSR count). The number of carboxylic acid groups (broad SMARTS) is 1. The summed E-state index contributed by atoms with van der Waals surface area (Å²) in [6.45, 7) is 0. The maximum absolute atomic E-state index is 13.8. The molecule has 0 saturated heterocycles. The van der Waals surface area contributed by atoms with E-state index in [4.69, 9.17) is 0 Å². The van der Waals surface area contributed by atoms with Crippen LogP contribution in [0.25, 0.3) is 10.9 Å². The molecule has 0 radical (unpaired) electrons. The van der Waals surface area contributed by atoms with E-state index in [9.17, 15) is 19.1 Å². The zero-order valence-corrected chi connectivity index (χ0v) is 13.1. The minimum absolute atomic E-state index is 0.147. The van der Waals surface area contributed by atoms with E-state index in [1.165, 1.54) is 18.2 Å². The number of aromatic nitrogens is 1. The predicted molar refractivity (Wildman–Crippen MR) is 90.7 cm³/mol. The minimum atomic E-state index is -1.25. The second kappa shape index (κ2) is 7.09. The van der Waals surface area contributed by atoms with E-state index in [1.807, 2.05) is 12.1 Å². The number of carbonyl (C=O) groups excluding carboxylic acids is 1. The van der Waals surface area contributed by atoms with Crippen molar-refractivity contribution in [2.45, 2.75) is 12.5 Å². The van der Waals surface area contributed by atoms with E-state index < -0.39 is 23.7 Å². The number of carboxylic acids is 1. The molecule has 126 valence electrons. The van der Waals surface area contributed by atoms with Crippen LogP contribution < -0.4 is 5.32 Å². The Morgan fingerprint density at radius 2 is 1.84 bits per heavy atom. The maximum atomic E-state index is 13.8. The first-order valence-electron chi connectivity index (χ1n) is 7.67. The number of rotatable bonds is 5. The molecule has 0 saturated carbocycles. The van der Waals surface area contributed by atoms with Crippen molar-refractivity contribution < 1.29 is 19.1 Å². The quantitative estimate of drug-likeness (QED) is 0.750. The standard InChI is InChI=1S/C19H15FN2O3/c20-15-9-2-1-5-13(15)11-16(19(24)25)22-18(23)14-8-3-6-12-7-4-10-21-17(12)14/h1-10,16H,11H2,(H,22,23)(H,24,25)/t16-/m0/s1. The molecule has 1 atom stereocenters. The summed E-state index contributed by atoms with van der Waals surface area (Å²) in [5.41, 5.74) is 0.988. The first-order valence-corrected chi connectivity index (χ1v) is 7.67. The van der Waals surface area contributed by atoms with Gasteiger partial charge in [-0.05, 0) is 23.8 Å². The molecule has 2 N–H and O–H groups in total. The number of hydrogen-bond donors (Lipinski definition) is 2. The average molecular weight is 338 g/mol. The van der Waals surface area contributed by atoms with Crippen molar-refractivity contribution in [3.63, 3.8) is 0 Å². The molecule has 0 aliphatic heterocycles. The van der Waals surface area contributed by atoms with Crippen molar-refractivity contribution in [1.29, 1.82) is 0 Å². The van der Waals surface area contributed by atoms with Crippen LogP contribution in [0.2, 0.25) is 0 Å². The third-order valence-corrected chi connectivity index (χ3v) is 3.86. The van der Waals surface area contributed by atoms with Crippen molar-refractivity contribution in [2.24, 2.45) is 0 Å². The van der Waals surface area contributed by atoms with Gasteiger partial charge < -0.3 is 10.4 Å². The average Bonchev–Trinajstić information content (AvgIpc) is 2.62. The highest BCUT2D eigenvalue weighted by atomic mass is 19.1. The van der Waals surface area contributed by atoms with E-state index in [0.29, 0.717) is 5.52 Å². The number of fused-ring (bicyclic) bond motifs is 1. The molecular weight excluding hydrogens is 323 g/mol. The fourth-order valence-electron chi connectivity index (χ4n) is 2.61. The van der Waals surface area contributed by atoms with Crippen molar-refractivity contribution in [3.8, 4) is 0 Å². The molecule has 0 aliphatic rings. The molecule has 1 heterocycles. The minimum Gasteiger partial charge on any atom is -0.480 e. The SMILES string of the molecule is O=C(N[C@@H](Cc1ccccc1F)C(=O)O)c1cccc2cccnc12. The van der Waals surface area contributed by atoms with Crippen molar-refractivity contribution in [1.82, 2.24) is 10.3 Å². The topological polar surface area (TPSA) is 79.3 Å². The molecule has 6 heteroatoms. The number of amides is 1. The molecule has 1 aromatic heterocycles. The first kappa shape index (κ1) is 16.6. The summed E-state index contributed by atoms with van der Waals surface area (Å²) in [5.74, 6) is -2.30. The number of nitrogens with zero attached hydrogens (tertiary/aromatic N) is 1. The van der Waals surface area contributed by atoms with E-state index >= 15 is 0 Å². The Balaban J connectivity index is 1.86. The van der Waals surface area contributed by atoms with Crippen LogP contribution in [0, 0.1) is 5.82 Å². The Morgan fingerprint density at radius 3 is 2.60 bits per heavy atom. The van der Waals surface area contributed by atoms with E-state index in [2.05, 4.69) is 10.3 Å². The molecule has 0 bridgehead atoms. The van der Waals surface area contributed by atoms with Gasteiger partial charge in [0.2, 0.25) is 0 Å². The summed E-state index contributed by atoms with van der Waals surface area (Å²) in [4.78, 5) is 28.2. The summed E-state index contributed by atoms with van der Waals surface area (Å²) in [6.07, 6.45) is 1.42. The van der Waals surface area contributed by atoms with Crippen LogP contribution in [0.1, 0.15) is 15.9 Å². The zero-order valence-electron chi connectivity index (χ0n) is 13.1. The fraction of sp³-hybridized carbons (Fsp3) is 0.105. The van der Waals surface area contributed by atoms with Crippen LogP contribution >= 0.6 is 0 Å². The lowest BCUT2D eigenvalue weighted by Crippen LogP contribution is -2.42. The number of para-hydroxylation sites is 1. The van der Waals surface area contributed by atoms with Gasteiger partial charge in [-0.15, -0.1) is 0 Å². The molecule has 0 unspecified atom stereocenters. The van der Waals surface area contributed by atoms with E-state index in [1.54, 1.807) is 30.5 Å². The molecule has 0 aliphatic carbocycles. The number of pyridine rings is 1. The summed E-state index contributed by atoms with van der Waals surface area (Å²) < 4.78 is 13.8. The largest absolute Gasteiger partial charge is 0.480 e. The van der Waals surface area contributed by atoms with Crippen LogP contribution in [0.3, 0.4) is 0 Å². The van der Waals surface area contributed by atoms with Gasteiger partial charge >= 0.3 is 5.97 Å². The van der Waals surface area contributed by atoms with Gasteiger partial charge in [0, 0.05) is 18.0 Å². The Labute approximate surface area is 143 Å². The van der Waals surface area contributed by atoms with Crippen LogP contribution in [-0.4, -0.2) is 28.0 Å². The number of aliphatic carboxylic acids is 1. The highest BCUT2D eigenvalue weighted by Gasteiger charge is 2.23. The van der Waals surface area contributed by atoms with Gasteiger partial charge in [-0.2, -0.15) is 0 Å². The molecule has 3 aromatic rings. The van der Waals surface area contributed by atoms with Crippen molar-refractivity contribution in [3.05, 3.63) is 77.7 Å². The first-order chi connectivity index (χ1) is 12.1. The van der Waals surface area contributed by atoms with Crippen LogP contribution in [0.5, 0.6) is 0 Å². The lowest BCUT2D eigenvalue weighted by atomic mass is 10.0. The summed E-state index contributed by atoms with van der Waals surface area (Å²) in [7, 11) is 0. The lowest BCUT2D eigenvalue weighted by molar-refractivity contribution is -0.139. The Kier molecular flexibility index (Phi) is 4.70. The van der Waals surface area contributed by atoms with Gasteiger partial charge in [0.05, 0.1) is 11.1 Å². The summed E-state index contributed by atoms with van der Waals surface area (Å²) in [6, 6.07) is 13.3. The van der Waals surface area contributed by atoms with Gasteiger partial charge in [0.1, 0.15) is 11.9 Å². The van der Waals surface area contributed by atoms with Crippen molar-refractivity contribution in [2.75, 3.05) is 0 Å². The summed E-state index contributed by atoms with van der Waals surface area (Å²) >= 11 is 0. The highest BCUT2D eigenvalue weighted by Crippen LogP contribution is 2.16. The van der Waals surface area contributed by atoms with Crippen molar-refractivity contribution >= 4 is 22.8 Å². The third-order valence-electron chi connectivity index (χ3n) is 3.86. The number of carbonyl (C=O) groups is 2. The summed E-state index contributed by atoms with van der Waals surface area (Å²) in [5, 5.41) is 12.6. The Bertz CT molecular complexity index is 937.